The lowest BCUT2D eigenvalue weighted by molar-refractivity contribution is -0.164. The van der Waals surface area contributed by atoms with Gasteiger partial charge in [0.05, 0.1) is 24.4 Å². The number of aromatic hydroxyl groups is 1. The van der Waals surface area contributed by atoms with Gasteiger partial charge in [-0.3, -0.25) is 4.79 Å². The summed E-state index contributed by atoms with van der Waals surface area (Å²) in [5, 5.41) is 22.2. The zero-order valence-electron chi connectivity index (χ0n) is 24.2. The van der Waals surface area contributed by atoms with Crippen LogP contribution in [0.15, 0.2) is 42.5 Å². The van der Waals surface area contributed by atoms with Crippen molar-refractivity contribution in [2.24, 2.45) is 10.8 Å². The van der Waals surface area contributed by atoms with Crippen LogP contribution < -0.4 is 15.0 Å². The van der Waals surface area contributed by atoms with Gasteiger partial charge in [0.1, 0.15) is 23.5 Å². The van der Waals surface area contributed by atoms with E-state index in [0.29, 0.717) is 22.6 Å². The minimum absolute atomic E-state index is 0.0833. The summed E-state index contributed by atoms with van der Waals surface area (Å²) in [4.78, 5) is 15.5. The fourth-order valence-corrected chi connectivity index (χ4v) is 7.03. The number of nitrogens with zero attached hydrogens (tertiary/aromatic N) is 2. The van der Waals surface area contributed by atoms with Crippen molar-refractivity contribution in [1.29, 1.82) is 5.26 Å². The molecular formula is C32H42N3O5+. The SMILES string of the molecule is C[OH+]c1cc(OC2C(C)(C)C(NC(=O)c3ccc(N4CC(OC5CCC(O)CC5)C4)cc3)C2(C)C)ccc1C#N. The predicted octanol–water partition coefficient (Wildman–Crippen LogP) is 4.55. The highest BCUT2D eigenvalue weighted by Crippen LogP contribution is 2.55. The van der Waals surface area contributed by atoms with Crippen LogP contribution in [0.25, 0.3) is 0 Å². The molecule has 2 aliphatic carbocycles. The fourth-order valence-electron chi connectivity index (χ4n) is 7.03. The predicted molar refractivity (Wildman–Crippen MR) is 154 cm³/mol. The maximum Gasteiger partial charge on any atom is 0.276 e. The number of nitrogens with one attached hydrogen (secondary N) is 1. The standard InChI is InChI=1S/C32H41N3O5/c1-31(2)29(32(3,4)30(31)40-25-13-8-21(17-33)27(16-25)38-5)34-28(37)20-6-9-22(10-7-20)35-18-26(19-35)39-24-14-11-23(36)12-15-24/h6-10,13,16,23-24,26,29-30,36H,11-12,14-15,18-19H2,1-5H3,(H,34,37)/p+1. The zero-order chi connectivity index (χ0) is 28.7. The van der Waals surface area contributed by atoms with Crippen molar-refractivity contribution in [3.05, 3.63) is 53.6 Å². The second-order valence-electron chi connectivity index (χ2n) is 12.7. The number of rotatable bonds is 8. The van der Waals surface area contributed by atoms with Crippen LogP contribution in [-0.2, 0) is 4.74 Å². The highest BCUT2D eigenvalue weighted by molar-refractivity contribution is 5.95. The van der Waals surface area contributed by atoms with Gasteiger partial charge in [0.15, 0.2) is 7.11 Å². The number of nitriles is 1. The molecule has 3 aliphatic rings. The van der Waals surface area contributed by atoms with Crippen LogP contribution in [0.4, 0.5) is 5.69 Å². The second-order valence-corrected chi connectivity index (χ2v) is 12.7. The van der Waals surface area contributed by atoms with E-state index in [-0.39, 0.29) is 47.2 Å². The van der Waals surface area contributed by atoms with Crippen LogP contribution in [0.1, 0.15) is 69.3 Å². The average molecular weight is 549 g/mol. The number of anilines is 1. The number of aliphatic hydroxyl groups is 2. The fraction of sp³-hybridized carbons (Fsp3) is 0.562. The lowest BCUT2D eigenvalue weighted by Crippen LogP contribution is -2.74. The molecule has 8 nitrogen and oxygen atoms in total. The Morgan fingerprint density at radius 1 is 1.02 bits per heavy atom. The van der Waals surface area contributed by atoms with Crippen molar-refractivity contribution >= 4 is 11.6 Å². The molecule has 0 unspecified atom stereocenters. The molecule has 2 aromatic rings. The van der Waals surface area contributed by atoms with E-state index in [9.17, 15) is 15.2 Å². The molecule has 214 valence electrons. The molecule has 5 rings (SSSR count). The topological polar surface area (TPSA) is 108 Å². The lowest BCUT2D eigenvalue weighted by atomic mass is 9.49. The summed E-state index contributed by atoms with van der Waals surface area (Å²) in [6.07, 6.45) is 3.74. The molecule has 1 aliphatic heterocycles. The first-order valence-corrected chi connectivity index (χ1v) is 14.3. The summed E-state index contributed by atoms with van der Waals surface area (Å²) >= 11 is 0. The molecular weight excluding hydrogens is 506 g/mol. The maximum absolute atomic E-state index is 13.3. The third-order valence-corrected chi connectivity index (χ3v) is 9.07. The molecule has 2 aromatic carbocycles. The minimum atomic E-state index is -0.306. The van der Waals surface area contributed by atoms with Crippen molar-refractivity contribution in [3.63, 3.8) is 0 Å². The number of amides is 1. The number of benzene rings is 2. The van der Waals surface area contributed by atoms with Gasteiger partial charge in [0.2, 0.25) is 0 Å². The van der Waals surface area contributed by atoms with E-state index < -0.39 is 0 Å². The molecule has 40 heavy (non-hydrogen) atoms. The molecule has 0 radical (unpaired) electrons. The van der Waals surface area contributed by atoms with Crippen LogP contribution in [0.5, 0.6) is 11.5 Å². The third-order valence-electron chi connectivity index (χ3n) is 9.07. The maximum atomic E-state index is 13.3. The largest absolute Gasteiger partial charge is 0.584 e. The summed E-state index contributed by atoms with van der Waals surface area (Å²) in [7, 11) is 1.66. The van der Waals surface area contributed by atoms with Crippen LogP contribution in [-0.4, -0.2) is 66.4 Å². The van der Waals surface area contributed by atoms with E-state index in [1.165, 1.54) is 0 Å². The first-order chi connectivity index (χ1) is 19.0. The van der Waals surface area contributed by atoms with Crippen LogP contribution in [0.3, 0.4) is 0 Å². The third kappa shape index (κ3) is 5.37. The van der Waals surface area contributed by atoms with Gasteiger partial charge >= 0.3 is 0 Å². The quantitative estimate of drug-likeness (QED) is 0.469. The summed E-state index contributed by atoms with van der Waals surface area (Å²) in [6.45, 7) is 10.2. The van der Waals surface area contributed by atoms with E-state index in [4.69, 9.17) is 9.47 Å². The number of hydrogen-bond acceptors (Lipinski definition) is 6. The van der Waals surface area contributed by atoms with Gasteiger partial charge < -0.3 is 29.5 Å². The van der Waals surface area contributed by atoms with Gasteiger partial charge in [-0.15, -0.1) is 0 Å². The van der Waals surface area contributed by atoms with Gasteiger partial charge in [-0.25, -0.2) is 0 Å². The number of carbonyl (C=O) groups is 1. The van der Waals surface area contributed by atoms with Gasteiger partial charge in [-0.05, 0) is 62.1 Å². The van der Waals surface area contributed by atoms with E-state index in [0.717, 1.165) is 44.5 Å². The Kier molecular flexibility index (Phi) is 7.73. The Hall–Kier alpha value is -3.28. The molecule has 1 amide bonds. The number of carbonyl (C=O) groups excluding carboxylic acids is 1. The Morgan fingerprint density at radius 2 is 1.68 bits per heavy atom. The first kappa shape index (κ1) is 28.3. The first-order valence-electron chi connectivity index (χ1n) is 14.3. The molecule has 3 N–H and O–H groups in total. The van der Waals surface area contributed by atoms with E-state index in [1.807, 2.05) is 24.3 Å². The average Bonchev–Trinajstić information content (AvgIpc) is 2.92. The van der Waals surface area contributed by atoms with E-state index in [2.05, 4.69) is 48.7 Å². The van der Waals surface area contributed by atoms with Gasteiger partial charge in [-0.2, -0.15) is 5.26 Å². The minimum Gasteiger partial charge on any atom is -0.584 e. The summed E-state index contributed by atoms with van der Waals surface area (Å²) in [6, 6.07) is 15.2. The van der Waals surface area contributed by atoms with Crippen molar-refractivity contribution in [2.75, 3.05) is 25.1 Å². The van der Waals surface area contributed by atoms with Crippen molar-refractivity contribution in [3.8, 4) is 17.6 Å². The highest BCUT2D eigenvalue weighted by atomic mass is 16.5. The summed E-state index contributed by atoms with van der Waals surface area (Å²) in [5.41, 5.74) is 1.63. The Labute approximate surface area is 237 Å². The van der Waals surface area contributed by atoms with Crippen LogP contribution in [0.2, 0.25) is 0 Å². The number of ether oxygens (including phenoxy) is 3. The molecule has 1 heterocycles. The molecule has 3 fully saturated rings. The Balaban J connectivity index is 1.15. The number of aliphatic hydroxyl groups excluding tert-OH is 1. The van der Waals surface area contributed by atoms with Crippen molar-refractivity contribution in [1.82, 2.24) is 5.32 Å². The molecule has 2 saturated carbocycles. The Bertz CT molecular complexity index is 1240. The van der Waals surface area contributed by atoms with Gasteiger partial charge in [0, 0.05) is 41.2 Å². The van der Waals surface area contributed by atoms with Crippen LogP contribution in [0, 0.1) is 22.2 Å². The zero-order valence-corrected chi connectivity index (χ0v) is 24.2. The van der Waals surface area contributed by atoms with E-state index in [1.54, 1.807) is 25.3 Å². The monoisotopic (exact) mass is 548 g/mol. The smallest absolute Gasteiger partial charge is 0.276 e. The number of hydrogen-bond donors (Lipinski definition) is 2. The molecule has 8 heteroatoms. The normalized spacial score (nSPS) is 27.1. The summed E-state index contributed by atoms with van der Waals surface area (Å²) in [5.74, 6) is 1.18. The lowest BCUT2D eigenvalue weighted by Gasteiger charge is -2.63. The molecule has 0 atom stereocenters. The Morgan fingerprint density at radius 3 is 2.27 bits per heavy atom. The van der Waals surface area contributed by atoms with Crippen LogP contribution >= 0.6 is 0 Å². The summed E-state index contributed by atoms with van der Waals surface area (Å²) < 4.78 is 16.8. The second kappa shape index (κ2) is 10.9. The highest BCUT2D eigenvalue weighted by Gasteiger charge is 2.64. The molecule has 1 saturated heterocycles. The molecule has 0 bridgehead atoms. The van der Waals surface area contributed by atoms with Gasteiger partial charge in [-0.1, -0.05) is 27.7 Å². The van der Waals surface area contributed by atoms with Gasteiger partial charge in [0.25, 0.3) is 11.7 Å². The molecule has 0 spiro atoms. The van der Waals surface area contributed by atoms with Crippen molar-refractivity contribution in [2.45, 2.75) is 83.8 Å². The van der Waals surface area contributed by atoms with E-state index >= 15 is 0 Å². The van der Waals surface area contributed by atoms with Crippen molar-refractivity contribution < 1.29 is 24.1 Å². The molecule has 0 aromatic heterocycles.